The van der Waals surface area contributed by atoms with Crippen molar-refractivity contribution < 1.29 is 32.1 Å². The lowest BCUT2D eigenvalue weighted by molar-refractivity contribution is 0.131. The van der Waals surface area contributed by atoms with Crippen LogP contribution in [0, 0.1) is 11.8 Å². The molecule has 0 unspecified atom stereocenters. The van der Waals surface area contributed by atoms with Gasteiger partial charge in [-0.2, -0.15) is 0 Å². The molecule has 10 N–H and O–H groups in total. The number of rotatable bonds is 2. The zero-order chi connectivity index (χ0) is 7.40. The van der Waals surface area contributed by atoms with Crippen molar-refractivity contribution in [3.63, 3.8) is 0 Å². The third-order valence-corrected chi connectivity index (χ3v) is 2.48. The van der Waals surface area contributed by atoms with Crippen LogP contribution in [0.25, 0.3) is 0 Å². The molecule has 0 spiro atoms. The van der Waals surface area contributed by atoms with Crippen molar-refractivity contribution in [3.05, 3.63) is 0 Å². The molecule has 0 aromatic heterocycles. The van der Waals surface area contributed by atoms with Crippen molar-refractivity contribution in [1.29, 1.82) is 0 Å². The van der Waals surface area contributed by atoms with Crippen LogP contribution in [0.3, 0.4) is 0 Å². The predicted octanol–water partition coefficient (Wildman–Crippen LogP) is -2.52. The summed E-state index contributed by atoms with van der Waals surface area (Å²) in [7, 11) is 0. The minimum atomic E-state index is 0. The molecule has 6 nitrogen and oxygen atoms in total. The van der Waals surface area contributed by atoms with Crippen molar-refractivity contribution in [2.24, 2.45) is 11.8 Å². The zero-order valence-corrected chi connectivity index (χ0v) is 8.29. The van der Waals surface area contributed by atoms with Crippen molar-refractivity contribution in [2.45, 2.75) is 25.7 Å². The molecule has 0 aromatic carbocycles. The number of hydrogen-bond donors (Lipinski definition) is 2. The molecule has 0 atom stereocenters. The van der Waals surface area contributed by atoms with Crippen LogP contribution < -0.4 is 0 Å². The molecule has 0 amide bonds. The lowest BCUT2D eigenvalue weighted by atomic mass is 9.83. The second kappa shape index (κ2) is 12.8. The highest BCUT2D eigenvalue weighted by molar-refractivity contribution is 4.70. The predicted molar refractivity (Wildman–Crippen MR) is 54.1 cm³/mol. The summed E-state index contributed by atoms with van der Waals surface area (Å²) in [4.78, 5) is 0. The van der Waals surface area contributed by atoms with Gasteiger partial charge in [0.25, 0.3) is 0 Å². The minimum absolute atomic E-state index is 0. The Kier molecular flexibility index (Phi) is 21.4. The van der Waals surface area contributed by atoms with Gasteiger partial charge in [-0.15, -0.1) is 0 Å². The van der Waals surface area contributed by atoms with E-state index in [0.717, 1.165) is 25.7 Å². The van der Waals surface area contributed by atoms with Crippen LogP contribution in [0.15, 0.2) is 0 Å². The molecule has 1 saturated carbocycles. The second-order valence-corrected chi connectivity index (χ2v) is 3.25. The maximum absolute atomic E-state index is 8.79. The molecule has 0 radical (unpaired) electrons. The minimum Gasteiger partial charge on any atom is -0.412 e. The van der Waals surface area contributed by atoms with Crippen LogP contribution in [0.4, 0.5) is 0 Å². The van der Waals surface area contributed by atoms with Crippen molar-refractivity contribution in [3.8, 4) is 0 Å². The normalized spacial score (nSPS) is 24.4. The fourth-order valence-corrected chi connectivity index (χ4v) is 1.60. The Balaban J connectivity index is -0.000000125. The standard InChI is InChI=1S/C8H16O2.4H2O/c9-5-7-1-2-8(6-10)4-3-7;;;;/h7-10H,1-6H2;4*1H2. The maximum atomic E-state index is 8.79. The van der Waals surface area contributed by atoms with Gasteiger partial charge in [0.05, 0.1) is 0 Å². The van der Waals surface area contributed by atoms with Gasteiger partial charge in [0, 0.05) is 13.2 Å². The van der Waals surface area contributed by atoms with E-state index in [1.807, 2.05) is 0 Å². The van der Waals surface area contributed by atoms with E-state index in [4.69, 9.17) is 10.2 Å². The molecule has 0 heterocycles. The van der Waals surface area contributed by atoms with E-state index in [-0.39, 0.29) is 21.9 Å². The molecule has 0 aromatic rings. The first-order chi connectivity index (χ1) is 4.86. The SMILES string of the molecule is O.O.O.O.OCC1CCC(CO)CC1. The summed E-state index contributed by atoms with van der Waals surface area (Å²) >= 11 is 0. The van der Waals surface area contributed by atoms with Crippen molar-refractivity contribution >= 4 is 0 Å². The zero-order valence-electron chi connectivity index (χ0n) is 8.29. The Bertz CT molecular complexity index is 79.8. The molecular weight excluding hydrogens is 192 g/mol. The average molecular weight is 216 g/mol. The van der Waals surface area contributed by atoms with Gasteiger partial charge >= 0.3 is 0 Å². The Morgan fingerprint density at radius 3 is 1.00 bits per heavy atom. The molecule has 1 aliphatic rings. The third kappa shape index (κ3) is 7.19. The topological polar surface area (TPSA) is 166 Å². The lowest BCUT2D eigenvalue weighted by Gasteiger charge is -2.25. The Morgan fingerprint density at radius 2 is 0.857 bits per heavy atom. The Hall–Kier alpha value is -0.240. The smallest absolute Gasteiger partial charge is 0.0459 e. The van der Waals surface area contributed by atoms with Gasteiger partial charge in [0.2, 0.25) is 0 Å². The van der Waals surface area contributed by atoms with Gasteiger partial charge in [-0.25, -0.2) is 0 Å². The highest BCUT2D eigenvalue weighted by Gasteiger charge is 2.19. The summed E-state index contributed by atoms with van der Waals surface area (Å²) in [5.41, 5.74) is 0. The van der Waals surface area contributed by atoms with Crippen molar-refractivity contribution in [1.82, 2.24) is 0 Å². The second-order valence-electron chi connectivity index (χ2n) is 3.25. The number of hydrogen-bond acceptors (Lipinski definition) is 2. The summed E-state index contributed by atoms with van der Waals surface area (Å²) < 4.78 is 0. The van der Waals surface area contributed by atoms with Crippen LogP contribution in [0.2, 0.25) is 0 Å². The van der Waals surface area contributed by atoms with E-state index < -0.39 is 0 Å². The molecule has 14 heavy (non-hydrogen) atoms. The van der Waals surface area contributed by atoms with E-state index in [2.05, 4.69) is 0 Å². The van der Waals surface area contributed by atoms with Crippen LogP contribution in [-0.4, -0.2) is 45.3 Å². The lowest BCUT2D eigenvalue weighted by Crippen LogP contribution is -2.19. The summed E-state index contributed by atoms with van der Waals surface area (Å²) in [5, 5.41) is 17.6. The summed E-state index contributed by atoms with van der Waals surface area (Å²) in [6.45, 7) is 0.663. The Labute approximate surface area is 83.8 Å². The first kappa shape index (κ1) is 23.5. The largest absolute Gasteiger partial charge is 0.412 e. The fourth-order valence-electron chi connectivity index (χ4n) is 1.60. The van der Waals surface area contributed by atoms with E-state index >= 15 is 0 Å². The monoisotopic (exact) mass is 216 g/mol. The van der Waals surface area contributed by atoms with Gasteiger partial charge < -0.3 is 32.1 Å². The molecule has 92 valence electrons. The fraction of sp³-hybridized carbons (Fsp3) is 1.00. The number of aliphatic hydroxyl groups excluding tert-OH is 2. The first-order valence-electron chi connectivity index (χ1n) is 4.08. The summed E-state index contributed by atoms with van der Waals surface area (Å²) in [5.74, 6) is 1.03. The van der Waals surface area contributed by atoms with Gasteiger partial charge in [0.1, 0.15) is 0 Å². The first-order valence-corrected chi connectivity index (χ1v) is 4.08. The van der Waals surface area contributed by atoms with Gasteiger partial charge in [-0.1, -0.05) is 0 Å². The molecule has 0 saturated heterocycles. The van der Waals surface area contributed by atoms with E-state index in [1.165, 1.54) is 0 Å². The third-order valence-electron chi connectivity index (χ3n) is 2.48. The molecule has 0 bridgehead atoms. The molecular formula is C8H24O6. The van der Waals surface area contributed by atoms with Gasteiger partial charge in [-0.3, -0.25) is 0 Å². The van der Waals surface area contributed by atoms with E-state index in [1.54, 1.807) is 0 Å². The molecule has 1 fully saturated rings. The highest BCUT2D eigenvalue weighted by Crippen LogP contribution is 2.27. The van der Waals surface area contributed by atoms with Gasteiger partial charge in [0.15, 0.2) is 0 Å². The summed E-state index contributed by atoms with van der Waals surface area (Å²) in [6, 6.07) is 0. The van der Waals surface area contributed by atoms with Crippen molar-refractivity contribution in [2.75, 3.05) is 13.2 Å². The number of aliphatic hydroxyl groups is 2. The molecule has 0 aliphatic heterocycles. The van der Waals surface area contributed by atoms with Crippen LogP contribution in [0.5, 0.6) is 0 Å². The van der Waals surface area contributed by atoms with Crippen LogP contribution >= 0.6 is 0 Å². The van der Waals surface area contributed by atoms with E-state index in [9.17, 15) is 0 Å². The Morgan fingerprint density at radius 1 is 0.643 bits per heavy atom. The van der Waals surface area contributed by atoms with E-state index in [0.29, 0.717) is 25.0 Å². The molecule has 1 aliphatic carbocycles. The van der Waals surface area contributed by atoms with Crippen LogP contribution in [0.1, 0.15) is 25.7 Å². The van der Waals surface area contributed by atoms with Crippen LogP contribution in [-0.2, 0) is 0 Å². The quantitative estimate of drug-likeness (QED) is 0.520. The molecule has 6 heteroatoms. The molecule has 1 rings (SSSR count). The summed E-state index contributed by atoms with van der Waals surface area (Å²) in [6.07, 6.45) is 4.40. The van der Waals surface area contributed by atoms with Gasteiger partial charge in [-0.05, 0) is 37.5 Å². The highest BCUT2D eigenvalue weighted by atomic mass is 16.3. The maximum Gasteiger partial charge on any atom is 0.0459 e. The average Bonchev–Trinajstić information content (AvgIpc) is 2.05.